The predicted molar refractivity (Wildman–Crippen MR) is 92.5 cm³/mol. The SMILES string of the molecule is CCOc1ccccc1[C@@H]1CC(c2cccs2)=NN1S(C)(=O)=O. The molecule has 2 aromatic rings. The standard InChI is InChI=1S/C16H18N2O3S2/c1-3-21-15-8-5-4-7-12(15)14-11-13(16-9-6-10-22-16)17-18(14)23(2,19)20/h4-10,14H,3,11H2,1-2H3/t14-/m0/s1. The van der Waals surface area contributed by atoms with E-state index in [1.807, 2.05) is 48.7 Å². The van der Waals surface area contributed by atoms with Crippen LogP contribution in [0.1, 0.15) is 29.8 Å². The second-order valence-electron chi connectivity index (χ2n) is 5.25. The number of para-hydroxylation sites is 1. The molecule has 122 valence electrons. The van der Waals surface area contributed by atoms with Crippen LogP contribution in [-0.4, -0.2) is 31.4 Å². The third kappa shape index (κ3) is 3.25. The van der Waals surface area contributed by atoms with Crippen molar-refractivity contribution in [2.24, 2.45) is 5.10 Å². The monoisotopic (exact) mass is 350 g/mol. The van der Waals surface area contributed by atoms with Crippen LogP contribution in [-0.2, 0) is 10.0 Å². The normalized spacial score (nSPS) is 18.1. The Morgan fingerprint density at radius 1 is 1.30 bits per heavy atom. The van der Waals surface area contributed by atoms with Crippen LogP contribution >= 0.6 is 11.3 Å². The van der Waals surface area contributed by atoms with E-state index in [-0.39, 0.29) is 6.04 Å². The lowest BCUT2D eigenvalue weighted by Crippen LogP contribution is -2.26. The van der Waals surface area contributed by atoms with Crippen molar-refractivity contribution in [1.82, 2.24) is 4.41 Å². The maximum atomic E-state index is 12.2. The summed E-state index contributed by atoms with van der Waals surface area (Å²) in [6.07, 6.45) is 1.72. The molecule has 7 heteroatoms. The number of rotatable bonds is 5. The molecular formula is C16H18N2O3S2. The van der Waals surface area contributed by atoms with Crippen LogP contribution in [0.2, 0.25) is 0 Å². The Hall–Kier alpha value is -1.86. The van der Waals surface area contributed by atoms with Crippen molar-refractivity contribution in [2.75, 3.05) is 12.9 Å². The first-order chi connectivity index (χ1) is 11.0. The second-order valence-corrected chi connectivity index (χ2v) is 8.04. The minimum Gasteiger partial charge on any atom is -0.494 e. The van der Waals surface area contributed by atoms with Gasteiger partial charge in [0.2, 0.25) is 10.0 Å². The first-order valence-corrected chi connectivity index (χ1v) is 10.1. The molecule has 0 bridgehead atoms. The number of nitrogens with zero attached hydrogens (tertiary/aromatic N) is 2. The zero-order chi connectivity index (χ0) is 16.4. The summed E-state index contributed by atoms with van der Waals surface area (Å²) < 4.78 is 31.2. The van der Waals surface area contributed by atoms with E-state index in [2.05, 4.69) is 5.10 Å². The van der Waals surface area contributed by atoms with Gasteiger partial charge in [0.1, 0.15) is 5.75 Å². The Labute approximate surface area is 140 Å². The molecule has 0 radical (unpaired) electrons. The second kappa shape index (κ2) is 6.33. The average molecular weight is 350 g/mol. The molecule has 0 N–H and O–H groups in total. The van der Waals surface area contributed by atoms with E-state index in [0.717, 1.165) is 16.2 Å². The summed E-state index contributed by atoms with van der Waals surface area (Å²) in [5, 5.41) is 6.34. The van der Waals surface area contributed by atoms with Crippen LogP contribution in [0.15, 0.2) is 46.9 Å². The molecule has 1 atom stereocenters. The highest BCUT2D eigenvalue weighted by molar-refractivity contribution is 7.88. The number of ether oxygens (including phenoxy) is 1. The molecule has 1 aliphatic rings. The molecule has 3 rings (SSSR count). The molecule has 0 amide bonds. The van der Waals surface area contributed by atoms with Gasteiger partial charge in [-0.05, 0) is 24.4 Å². The number of hydrazone groups is 1. The van der Waals surface area contributed by atoms with Crippen molar-refractivity contribution in [2.45, 2.75) is 19.4 Å². The van der Waals surface area contributed by atoms with Crippen LogP contribution in [0.5, 0.6) is 5.75 Å². The lowest BCUT2D eigenvalue weighted by atomic mass is 10.0. The molecule has 0 spiro atoms. The molecule has 23 heavy (non-hydrogen) atoms. The minimum atomic E-state index is -3.46. The van der Waals surface area contributed by atoms with Gasteiger partial charge < -0.3 is 4.74 Å². The molecule has 0 unspecified atom stereocenters. The van der Waals surface area contributed by atoms with Crippen molar-refractivity contribution < 1.29 is 13.2 Å². The van der Waals surface area contributed by atoms with Gasteiger partial charge in [0, 0.05) is 12.0 Å². The van der Waals surface area contributed by atoms with E-state index in [1.165, 1.54) is 10.7 Å². The quantitative estimate of drug-likeness (QED) is 0.832. The van der Waals surface area contributed by atoms with Crippen LogP contribution < -0.4 is 4.74 Å². The molecule has 2 heterocycles. The van der Waals surface area contributed by atoms with Crippen molar-refractivity contribution in [3.8, 4) is 5.75 Å². The molecule has 1 aromatic heterocycles. The van der Waals surface area contributed by atoms with Gasteiger partial charge in [-0.2, -0.15) is 9.52 Å². The molecule has 0 aliphatic carbocycles. The van der Waals surface area contributed by atoms with Crippen LogP contribution in [0.3, 0.4) is 0 Å². The molecule has 0 fully saturated rings. The fourth-order valence-electron chi connectivity index (χ4n) is 2.66. The van der Waals surface area contributed by atoms with Crippen LogP contribution in [0, 0.1) is 0 Å². The van der Waals surface area contributed by atoms with Gasteiger partial charge in [-0.3, -0.25) is 0 Å². The summed E-state index contributed by atoms with van der Waals surface area (Å²) >= 11 is 1.56. The number of sulfonamides is 1. The Morgan fingerprint density at radius 2 is 2.09 bits per heavy atom. The maximum Gasteiger partial charge on any atom is 0.247 e. The maximum absolute atomic E-state index is 12.2. The topological polar surface area (TPSA) is 59.0 Å². The number of benzene rings is 1. The average Bonchev–Trinajstić information content (AvgIpc) is 3.17. The smallest absolute Gasteiger partial charge is 0.247 e. The van der Waals surface area contributed by atoms with Crippen molar-refractivity contribution >= 4 is 27.1 Å². The van der Waals surface area contributed by atoms with Gasteiger partial charge >= 0.3 is 0 Å². The Kier molecular flexibility index (Phi) is 4.41. The third-order valence-electron chi connectivity index (χ3n) is 3.60. The van der Waals surface area contributed by atoms with Gasteiger partial charge in [-0.1, -0.05) is 24.3 Å². The van der Waals surface area contributed by atoms with Gasteiger partial charge in [0.25, 0.3) is 0 Å². The van der Waals surface area contributed by atoms with E-state index in [0.29, 0.717) is 18.8 Å². The fourth-order valence-corrected chi connectivity index (χ4v) is 4.28. The lowest BCUT2D eigenvalue weighted by molar-refractivity contribution is 0.317. The van der Waals surface area contributed by atoms with Gasteiger partial charge in [-0.25, -0.2) is 8.42 Å². The summed E-state index contributed by atoms with van der Waals surface area (Å²) in [5.41, 5.74) is 1.64. The van der Waals surface area contributed by atoms with Crippen LogP contribution in [0.25, 0.3) is 0 Å². The van der Waals surface area contributed by atoms with E-state index < -0.39 is 10.0 Å². The van der Waals surface area contributed by atoms with Gasteiger partial charge in [0.15, 0.2) is 0 Å². The number of hydrogen-bond donors (Lipinski definition) is 0. The zero-order valence-corrected chi connectivity index (χ0v) is 14.6. The summed E-state index contributed by atoms with van der Waals surface area (Å²) in [7, 11) is -3.46. The first kappa shape index (κ1) is 16.0. The first-order valence-electron chi connectivity index (χ1n) is 7.33. The summed E-state index contributed by atoms with van der Waals surface area (Å²) in [4.78, 5) is 0.995. The largest absolute Gasteiger partial charge is 0.494 e. The van der Waals surface area contributed by atoms with E-state index in [4.69, 9.17) is 4.74 Å². The molecule has 0 saturated carbocycles. The summed E-state index contributed by atoms with van der Waals surface area (Å²) in [6, 6.07) is 11.1. The molecule has 1 aromatic carbocycles. The van der Waals surface area contributed by atoms with Crippen molar-refractivity contribution in [1.29, 1.82) is 0 Å². The highest BCUT2D eigenvalue weighted by Gasteiger charge is 2.36. The van der Waals surface area contributed by atoms with Gasteiger partial charge in [-0.15, -0.1) is 11.3 Å². The highest BCUT2D eigenvalue weighted by atomic mass is 32.2. The predicted octanol–water partition coefficient (Wildman–Crippen LogP) is 3.26. The number of thiophene rings is 1. The lowest BCUT2D eigenvalue weighted by Gasteiger charge is -2.23. The highest BCUT2D eigenvalue weighted by Crippen LogP contribution is 2.39. The van der Waals surface area contributed by atoms with Crippen molar-refractivity contribution in [3.63, 3.8) is 0 Å². The van der Waals surface area contributed by atoms with E-state index in [9.17, 15) is 8.42 Å². The molecule has 5 nitrogen and oxygen atoms in total. The fraction of sp³-hybridized carbons (Fsp3) is 0.312. The Balaban J connectivity index is 2.02. The minimum absolute atomic E-state index is 0.371. The molecule has 0 saturated heterocycles. The Bertz CT molecular complexity index is 814. The number of hydrogen-bond acceptors (Lipinski definition) is 5. The molecule has 1 aliphatic heterocycles. The summed E-state index contributed by atoms with van der Waals surface area (Å²) in [5.74, 6) is 0.705. The summed E-state index contributed by atoms with van der Waals surface area (Å²) in [6.45, 7) is 2.44. The third-order valence-corrected chi connectivity index (χ3v) is 5.53. The van der Waals surface area contributed by atoms with Crippen LogP contribution in [0.4, 0.5) is 0 Å². The van der Waals surface area contributed by atoms with Gasteiger partial charge in [0.05, 0.1) is 29.5 Å². The Morgan fingerprint density at radius 3 is 2.74 bits per heavy atom. The molecular weight excluding hydrogens is 332 g/mol. The van der Waals surface area contributed by atoms with E-state index >= 15 is 0 Å². The zero-order valence-electron chi connectivity index (χ0n) is 13.0. The van der Waals surface area contributed by atoms with E-state index in [1.54, 1.807) is 11.3 Å². The van der Waals surface area contributed by atoms with Crippen molar-refractivity contribution in [3.05, 3.63) is 52.2 Å².